The second-order valence-corrected chi connectivity index (χ2v) is 0.300. The van der Waals surface area contributed by atoms with Crippen molar-refractivity contribution in [1.29, 1.82) is 5.26 Å². The van der Waals surface area contributed by atoms with E-state index >= 15 is 0 Å². The number of nitrogens with zero attached hydrogens (tertiary/aromatic N) is 1. The van der Waals surface area contributed by atoms with Gasteiger partial charge in [-0.3, -0.25) is 0 Å². The number of hydrogen-bond acceptors (Lipinski definition) is 2. The van der Waals surface area contributed by atoms with Crippen LogP contribution in [0.25, 0.3) is 0 Å². The van der Waals surface area contributed by atoms with E-state index in [1.165, 1.54) is 5.40 Å². The molecule has 0 saturated heterocycles. The first-order chi connectivity index (χ1) is 1.41. The zero-order valence-corrected chi connectivity index (χ0v) is 10.1. The van der Waals surface area contributed by atoms with Crippen LogP contribution in [-0.4, -0.2) is 37.7 Å². The Labute approximate surface area is 94.4 Å². The first-order valence-corrected chi connectivity index (χ1v) is 0.894. The molecular formula is CH4CaClNSZn. The van der Waals surface area contributed by atoms with Gasteiger partial charge in [-0.1, -0.05) is 12.6 Å². The number of halogens is 1. The van der Waals surface area contributed by atoms with Gasteiger partial charge in [0.25, 0.3) is 0 Å². The molecule has 0 aromatic heterocycles. The third kappa shape index (κ3) is 37.3. The Bertz CT molecular complexity index is 43.5. The smallest absolute Gasteiger partial charge is 1.00 e. The topological polar surface area (TPSA) is 23.8 Å². The van der Waals surface area contributed by atoms with Gasteiger partial charge < -0.3 is 2.85 Å². The molecule has 0 rings (SSSR count). The number of thiol groups is 1. The molecule has 0 heterocycles. The van der Waals surface area contributed by atoms with Gasteiger partial charge in [-0.05, 0) is 0 Å². The van der Waals surface area contributed by atoms with Crippen molar-refractivity contribution in [2.45, 2.75) is 0 Å². The van der Waals surface area contributed by atoms with Crippen LogP contribution in [0.3, 0.4) is 0 Å². The Morgan fingerprint density at radius 3 is 1.67 bits per heavy atom. The second-order valence-electron chi connectivity index (χ2n) is 0.100. The molecule has 0 aromatic rings. The first-order valence-electron chi connectivity index (χ1n) is 0.447. The van der Waals surface area contributed by atoms with Crippen molar-refractivity contribution >= 4 is 62.8 Å². The Hall–Kier alpha value is 2.01. The predicted molar refractivity (Wildman–Crippen MR) is 29.8 cm³/mol. The van der Waals surface area contributed by atoms with E-state index in [4.69, 9.17) is 5.26 Å². The van der Waals surface area contributed by atoms with E-state index in [1.807, 2.05) is 0 Å². The molecule has 5 heteroatoms. The molecule has 0 aliphatic heterocycles. The summed E-state index contributed by atoms with van der Waals surface area (Å²) in [5.74, 6) is 0. The number of hydrogen-bond donors (Lipinski definition) is 1. The first kappa shape index (κ1) is 24.5. The molecule has 0 amide bonds. The number of rotatable bonds is 0. The Morgan fingerprint density at radius 1 is 1.67 bits per heavy atom. The molecule has 0 aromatic carbocycles. The fourth-order valence-electron chi connectivity index (χ4n) is 0. The van der Waals surface area contributed by atoms with Crippen molar-refractivity contribution in [3.63, 3.8) is 0 Å². The summed E-state index contributed by atoms with van der Waals surface area (Å²) in [7, 11) is 0. The van der Waals surface area contributed by atoms with Crippen LogP contribution in [0.1, 0.15) is 2.85 Å². The maximum absolute atomic E-state index is 7.18. The van der Waals surface area contributed by atoms with Crippen molar-refractivity contribution in [2.75, 3.05) is 0 Å². The quantitative estimate of drug-likeness (QED) is 0.349. The minimum absolute atomic E-state index is 0. The third-order valence-corrected chi connectivity index (χ3v) is 0. The molecular weight excluding hydrogens is 199 g/mol. The molecule has 0 fully saturated rings. The van der Waals surface area contributed by atoms with Crippen LogP contribution < -0.4 is 0 Å². The Morgan fingerprint density at radius 2 is 1.67 bits per heavy atom. The van der Waals surface area contributed by atoms with Crippen molar-refractivity contribution in [1.82, 2.24) is 0 Å². The predicted octanol–water partition coefficient (Wildman–Crippen LogP) is 0.661. The summed E-state index contributed by atoms with van der Waals surface area (Å²) in [6.07, 6.45) is 0. The van der Waals surface area contributed by atoms with E-state index in [0.717, 1.165) is 0 Å². The van der Waals surface area contributed by atoms with Crippen molar-refractivity contribution in [2.24, 2.45) is 0 Å². The molecule has 0 spiro atoms. The van der Waals surface area contributed by atoms with Gasteiger partial charge >= 0.3 is 37.7 Å². The molecule has 0 aliphatic carbocycles. The van der Waals surface area contributed by atoms with E-state index in [0.29, 0.717) is 0 Å². The zero-order valence-electron chi connectivity index (χ0n) is 5.22. The average molecular weight is 203 g/mol. The summed E-state index contributed by atoms with van der Waals surface area (Å²) < 4.78 is 0. The molecule has 0 saturated carbocycles. The van der Waals surface area contributed by atoms with Crippen LogP contribution >= 0.6 is 25.0 Å². The minimum Gasteiger partial charge on any atom is -1.00 e. The molecule has 6 heavy (non-hydrogen) atoms. The summed E-state index contributed by atoms with van der Waals surface area (Å²) in [6, 6.07) is 0. The normalized spacial score (nSPS) is 1.33. The van der Waals surface area contributed by atoms with Gasteiger partial charge in [0.05, 0.1) is 0 Å². The molecule has 0 atom stereocenters. The molecule has 0 radical (unpaired) electrons. The summed E-state index contributed by atoms with van der Waals surface area (Å²) in [6.45, 7) is 0. The van der Waals surface area contributed by atoms with Crippen LogP contribution in [-0.2, 0) is 19.5 Å². The van der Waals surface area contributed by atoms with E-state index in [2.05, 4.69) is 12.6 Å². The monoisotopic (exact) mass is 201 g/mol. The van der Waals surface area contributed by atoms with Gasteiger partial charge in [0, 0.05) is 19.5 Å². The van der Waals surface area contributed by atoms with Crippen molar-refractivity contribution in [3.8, 4) is 5.40 Å². The third-order valence-electron chi connectivity index (χ3n) is 0. The minimum atomic E-state index is 0. The fraction of sp³-hybridized carbons (Fsp3) is 0. The molecule has 1 nitrogen and oxygen atoms in total. The van der Waals surface area contributed by atoms with Gasteiger partial charge in [0.1, 0.15) is 5.40 Å². The SMILES string of the molecule is Cl.N#CS.[Ca+2].[H-].[H-].[Zn]. The summed E-state index contributed by atoms with van der Waals surface area (Å²) >= 11 is 3.09. The standard InChI is InChI=1S/CHNS.Ca.ClH.Zn.2H/c2-1-3;;;;;/h3H;;1H;;;/q;+2;;;2*-1. The van der Waals surface area contributed by atoms with E-state index in [1.54, 1.807) is 0 Å². The van der Waals surface area contributed by atoms with Crippen LogP contribution in [0.2, 0.25) is 0 Å². The largest absolute Gasteiger partial charge is 2.00 e. The fourth-order valence-corrected chi connectivity index (χ4v) is 0. The molecule has 0 N–H and O–H groups in total. The van der Waals surface area contributed by atoms with Gasteiger partial charge in [-0.2, -0.15) is 5.26 Å². The molecule has 30 valence electrons. The van der Waals surface area contributed by atoms with Gasteiger partial charge in [0.15, 0.2) is 0 Å². The van der Waals surface area contributed by atoms with E-state index in [-0.39, 0.29) is 72.5 Å². The average Bonchev–Trinajstić information content (AvgIpc) is 0.918. The zero-order chi connectivity index (χ0) is 2.71. The maximum Gasteiger partial charge on any atom is 2.00 e. The Balaban J connectivity index is -0.00000000200. The van der Waals surface area contributed by atoms with Crippen LogP contribution in [0.15, 0.2) is 0 Å². The Kier molecular flexibility index (Phi) is 114. The van der Waals surface area contributed by atoms with E-state index in [9.17, 15) is 0 Å². The van der Waals surface area contributed by atoms with Crippen LogP contribution in [0, 0.1) is 10.7 Å². The molecule has 0 unspecified atom stereocenters. The van der Waals surface area contributed by atoms with Crippen molar-refractivity contribution in [3.05, 3.63) is 0 Å². The summed E-state index contributed by atoms with van der Waals surface area (Å²) in [5, 5.41) is 8.63. The maximum atomic E-state index is 7.18. The molecule has 0 aliphatic rings. The second kappa shape index (κ2) is 27.9. The van der Waals surface area contributed by atoms with Gasteiger partial charge in [-0.25, -0.2) is 0 Å². The van der Waals surface area contributed by atoms with Crippen molar-refractivity contribution < 1.29 is 22.3 Å². The summed E-state index contributed by atoms with van der Waals surface area (Å²) in [5.41, 5.74) is 0. The van der Waals surface area contributed by atoms with Gasteiger partial charge in [-0.15, -0.1) is 12.4 Å². The number of nitriles is 1. The van der Waals surface area contributed by atoms with E-state index < -0.39 is 0 Å². The van der Waals surface area contributed by atoms with Gasteiger partial charge in [0.2, 0.25) is 0 Å². The molecule has 0 bridgehead atoms. The van der Waals surface area contributed by atoms with Crippen LogP contribution in [0.5, 0.6) is 0 Å². The van der Waals surface area contributed by atoms with Crippen LogP contribution in [0.4, 0.5) is 0 Å². The summed E-state index contributed by atoms with van der Waals surface area (Å²) in [4.78, 5) is 0. The number of thiocyanates is 1.